The van der Waals surface area contributed by atoms with Gasteiger partial charge in [-0.05, 0) is 57.3 Å². The average molecular weight is 232 g/mol. The number of ether oxygens (including phenoxy) is 1. The van der Waals surface area contributed by atoms with Crippen molar-refractivity contribution < 1.29 is 9.53 Å². The highest BCUT2D eigenvalue weighted by Gasteiger charge is 2.68. The molecule has 2 heteroatoms. The minimum atomic E-state index is -0.146. The second-order valence-electron chi connectivity index (χ2n) is 6.63. The second-order valence-corrected chi connectivity index (χ2v) is 6.63. The molecule has 17 heavy (non-hydrogen) atoms. The number of carbonyl (C=O) groups is 1. The maximum Gasteiger partial charge on any atom is 0.309 e. The molecule has 3 aliphatic carbocycles. The molecule has 2 bridgehead atoms. The molecule has 2 nitrogen and oxygen atoms in total. The predicted molar refractivity (Wildman–Crippen MR) is 64.3 cm³/mol. The van der Waals surface area contributed by atoms with Gasteiger partial charge < -0.3 is 4.74 Å². The summed E-state index contributed by atoms with van der Waals surface area (Å²) < 4.78 is 5.80. The van der Waals surface area contributed by atoms with Crippen LogP contribution in [0, 0.1) is 17.3 Å². The molecule has 3 atom stereocenters. The lowest BCUT2D eigenvalue weighted by Crippen LogP contribution is -2.44. The first-order valence-electron chi connectivity index (χ1n) is 7.08. The number of hydrogen-bond acceptors (Lipinski definition) is 2. The molecule has 92 valence electrons. The van der Waals surface area contributed by atoms with Crippen molar-refractivity contribution in [2.24, 2.45) is 17.3 Å². The van der Waals surface area contributed by atoms with Crippen LogP contribution in [0.25, 0.3) is 0 Å². The molecule has 0 aromatic heterocycles. The van der Waals surface area contributed by atoms with Crippen LogP contribution in [-0.2, 0) is 9.53 Å². The SMILES string of the molecule is C[C@]12CCC3=CCCC[C@H](C(=O)O1)[C@H]2C31CC1. The van der Waals surface area contributed by atoms with Crippen LogP contribution in [0.15, 0.2) is 11.6 Å². The molecule has 0 aromatic rings. The van der Waals surface area contributed by atoms with E-state index in [9.17, 15) is 4.79 Å². The Morgan fingerprint density at radius 3 is 2.94 bits per heavy atom. The van der Waals surface area contributed by atoms with Crippen molar-refractivity contribution in [1.29, 1.82) is 0 Å². The van der Waals surface area contributed by atoms with E-state index in [1.807, 2.05) is 0 Å². The molecule has 1 heterocycles. The molecule has 0 radical (unpaired) electrons. The molecular weight excluding hydrogens is 212 g/mol. The minimum absolute atomic E-state index is 0.104. The Kier molecular flexibility index (Phi) is 1.77. The maximum atomic E-state index is 12.1. The fourth-order valence-electron chi connectivity index (χ4n) is 4.91. The average Bonchev–Trinajstić information content (AvgIpc) is 2.99. The first kappa shape index (κ1) is 10.2. The number of carbonyl (C=O) groups excluding carboxylic acids is 1. The largest absolute Gasteiger partial charge is 0.459 e. The van der Waals surface area contributed by atoms with Gasteiger partial charge in [0.2, 0.25) is 0 Å². The zero-order valence-corrected chi connectivity index (χ0v) is 10.5. The highest BCUT2D eigenvalue weighted by molar-refractivity contribution is 5.77. The van der Waals surface area contributed by atoms with Crippen molar-refractivity contribution in [2.75, 3.05) is 0 Å². The first-order valence-corrected chi connectivity index (χ1v) is 7.08. The summed E-state index contributed by atoms with van der Waals surface area (Å²) in [6.07, 6.45) is 10.7. The van der Waals surface area contributed by atoms with E-state index in [1.165, 1.54) is 19.3 Å². The van der Waals surface area contributed by atoms with Crippen molar-refractivity contribution in [3.05, 3.63) is 11.6 Å². The number of hydrogen-bond donors (Lipinski definition) is 0. The first-order chi connectivity index (χ1) is 8.16. The van der Waals surface area contributed by atoms with Crippen molar-refractivity contribution >= 4 is 5.97 Å². The van der Waals surface area contributed by atoms with Crippen LogP contribution in [0.2, 0.25) is 0 Å². The molecule has 3 fully saturated rings. The highest BCUT2D eigenvalue weighted by atomic mass is 16.6. The van der Waals surface area contributed by atoms with E-state index >= 15 is 0 Å². The van der Waals surface area contributed by atoms with Gasteiger partial charge in [0.05, 0.1) is 5.92 Å². The van der Waals surface area contributed by atoms with E-state index in [0.717, 1.165) is 25.7 Å². The third-order valence-electron chi connectivity index (χ3n) is 5.72. The van der Waals surface area contributed by atoms with Gasteiger partial charge in [0.25, 0.3) is 0 Å². The minimum Gasteiger partial charge on any atom is -0.459 e. The zero-order valence-electron chi connectivity index (χ0n) is 10.5. The van der Waals surface area contributed by atoms with Gasteiger partial charge in [-0.25, -0.2) is 0 Å². The van der Waals surface area contributed by atoms with Crippen molar-refractivity contribution in [1.82, 2.24) is 0 Å². The van der Waals surface area contributed by atoms with E-state index < -0.39 is 0 Å². The Labute approximate surface area is 102 Å². The molecule has 0 amide bonds. The molecule has 4 rings (SSSR count). The summed E-state index contributed by atoms with van der Waals surface area (Å²) in [7, 11) is 0. The third-order valence-corrected chi connectivity index (χ3v) is 5.72. The maximum absolute atomic E-state index is 12.1. The lowest BCUT2D eigenvalue weighted by molar-refractivity contribution is -0.151. The van der Waals surface area contributed by atoms with Crippen LogP contribution in [0.1, 0.15) is 51.9 Å². The van der Waals surface area contributed by atoms with Crippen molar-refractivity contribution in [3.8, 4) is 0 Å². The van der Waals surface area contributed by atoms with Crippen LogP contribution >= 0.6 is 0 Å². The summed E-state index contributed by atoms with van der Waals surface area (Å²) in [5, 5.41) is 0. The summed E-state index contributed by atoms with van der Waals surface area (Å²) in [6, 6.07) is 0. The molecule has 2 saturated carbocycles. The summed E-state index contributed by atoms with van der Waals surface area (Å²) in [5.74, 6) is 0.793. The Hall–Kier alpha value is -0.790. The van der Waals surface area contributed by atoms with Crippen LogP contribution < -0.4 is 0 Å². The second kappa shape index (κ2) is 2.96. The van der Waals surface area contributed by atoms with Gasteiger partial charge in [0, 0.05) is 5.92 Å². The zero-order chi connectivity index (χ0) is 11.7. The summed E-state index contributed by atoms with van der Waals surface area (Å²) >= 11 is 0. The van der Waals surface area contributed by atoms with Gasteiger partial charge in [-0.2, -0.15) is 0 Å². The van der Waals surface area contributed by atoms with Crippen LogP contribution in [-0.4, -0.2) is 11.6 Å². The molecule has 0 unspecified atom stereocenters. The van der Waals surface area contributed by atoms with Crippen LogP contribution in [0.4, 0.5) is 0 Å². The lowest BCUT2D eigenvalue weighted by atomic mass is 9.60. The van der Waals surface area contributed by atoms with Crippen molar-refractivity contribution in [2.45, 2.75) is 57.5 Å². The predicted octanol–water partition coefficient (Wildman–Crippen LogP) is 3.22. The van der Waals surface area contributed by atoms with Gasteiger partial charge in [-0.3, -0.25) is 4.79 Å². The summed E-state index contributed by atoms with van der Waals surface area (Å²) in [5.41, 5.74) is 1.90. The quantitative estimate of drug-likeness (QED) is 0.473. The highest BCUT2D eigenvalue weighted by Crippen LogP contribution is 2.70. The van der Waals surface area contributed by atoms with Gasteiger partial charge in [-0.1, -0.05) is 11.6 Å². The summed E-state index contributed by atoms with van der Waals surface area (Å²) in [6.45, 7) is 2.19. The van der Waals surface area contributed by atoms with E-state index in [1.54, 1.807) is 5.57 Å². The topological polar surface area (TPSA) is 26.3 Å². The van der Waals surface area contributed by atoms with Gasteiger partial charge >= 0.3 is 5.97 Å². The molecule has 4 aliphatic rings. The Morgan fingerprint density at radius 2 is 2.18 bits per heavy atom. The molecule has 0 aromatic carbocycles. The van der Waals surface area contributed by atoms with Crippen LogP contribution in [0.5, 0.6) is 0 Å². The Bertz CT molecular complexity index is 419. The molecule has 0 N–H and O–H groups in total. The van der Waals surface area contributed by atoms with E-state index in [2.05, 4.69) is 13.0 Å². The van der Waals surface area contributed by atoms with Crippen molar-refractivity contribution in [3.63, 3.8) is 0 Å². The number of rotatable bonds is 0. The third kappa shape index (κ3) is 1.14. The number of allylic oxidation sites excluding steroid dienone is 2. The van der Waals surface area contributed by atoms with Gasteiger partial charge in [-0.15, -0.1) is 0 Å². The van der Waals surface area contributed by atoms with E-state index in [-0.39, 0.29) is 17.5 Å². The van der Waals surface area contributed by atoms with Gasteiger partial charge in [0.15, 0.2) is 0 Å². The smallest absolute Gasteiger partial charge is 0.309 e. The number of esters is 1. The fourth-order valence-corrected chi connectivity index (χ4v) is 4.91. The monoisotopic (exact) mass is 232 g/mol. The fraction of sp³-hybridized carbons (Fsp3) is 0.800. The standard InChI is InChI=1S/C15H20O2/c1-14-7-6-10-4-2-3-5-11(13(16)17-14)12(14)15(10)8-9-15/h4,11-12H,2-3,5-9H2,1H3/t11-,12+,14+/m0/s1. The van der Waals surface area contributed by atoms with Gasteiger partial charge in [0.1, 0.15) is 5.60 Å². The van der Waals surface area contributed by atoms with E-state index in [0.29, 0.717) is 11.3 Å². The normalized spacial score (nSPS) is 45.9. The Balaban J connectivity index is 1.87. The molecule has 1 aliphatic heterocycles. The molecular formula is C15H20O2. The Morgan fingerprint density at radius 1 is 1.35 bits per heavy atom. The summed E-state index contributed by atoms with van der Waals surface area (Å²) in [4.78, 5) is 12.1. The lowest BCUT2D eigenvalue weighted by Gasteiger charge is -2.44. The van der Waals surface area contributed by atoms with E-state index in [4.69, 9.17) is 4.74 Å². The molecule has 1 spiro atoms. The molecule has 1 saturated heterocycles. The van der Waals surface area contributed by atoms with Crippen LogP contribution in [0.3, 0.4) is 0 Å².